The molecule has 0 unspecified atom stereocenters. The second kappa shape index (κ2) is 6.39. The number of carbonyl (C=O) groups is 1. The number of anilines is 1. The minimum Gasteiger partial charge on any atom is -0.455 e. The van der Waals surface area contributed by atoms with Crippen LogP contribution in [0.4, 0.5) is 5.69 Å². The van der Waals surface area contributed by atoms with Crippen molar-refractivity contribution in [1.82, 2.24) is 10.3 Å². The van der Waals surface area contributed by atoms with Crippen molar-refractivity contribution in [3.8, 4) is 17.6 Å². The van der Waals surface area contributed by atoms with E-state index in [1.807, 2.05) is 13.0 Å². The third-order valence-corrected chi connectivity index (χ3v) is 2.67. The Morgan fingerprint density at radius 1 is 1.43 bits per heavy atom. The Hall–Kier alpha value is -3.07. The fourth-order valence-corrected chi connectivity index (χ4v) is 1.69. The minimum absolute atomic E-state index is 0.265. The van der Waals surface area contributed by atoms with Gasteiger partial charge in [-0.1, -0.05) is 0 Å². The maximum absolute atomic E-state index is 11.7. The van der Waals surface area contributed by atoms with Gasteiger partial charge in [0, 0.05) is 18.8 Å². The molecule has 0 saturated carbocycles. The molecule has 0 radical (unpaired) electrons. The Balaban J connectivity index is 2.22. The summed E-state index contributed by atoms with van der Waals surface area (Å²) >= 11 is 0. The molecule has 1 heterocycles. The van der Waals surface area contributed by atoms with E-state index in [0.717, 1.165) is 0 Å². The van der Waals surface area contributed by atoms with Crippen molar-refractivity contribution in [2.24, 2.45) is 0 Å². The van der Waals surface area contributed by atoms with Crippen LogP contribution in [0.5, 0.6) is 11.5 Å². The van der Waals surface area contributed by atoms with Gasteiger partial charge in [0.25, 0.3) is 5.91 Å². The second-order valence-corrected chi connectivity index (χ2v) is 4.20. The number of ether oxygens (including phenoxy) is 1. The third kappa shape index (κ3) is 3.48. The van der Waals surface area contributed by atoms with Gasteiger partial charge in [-0.15, -0.1) is 0 Å². The molecule has 0 aliphatic carbocycles. The molecule has 3 N–H and O–H groups in total. The molecule has 0 saturated heterocycles. The summed E-state index contributed by atoms with van der Waals surface area (Å²) in [5, 5.41) is 11.5. The van der Waals surface area contributed by atoms with Gasteiger partial charge in [-0.25, -0.2) is 0 Å². The van der Waals surface area contributed by atoms with E-state index in [4.69, 9.17) is 15.7 Å². The van der Waals surface area contributed by atoms with Crippen molar-refractivity contribution in [3.05, 3.63) is 47.8 Å². The quantitative estimate of drug-likeness (QED) is 0.836. The topological polar surface area (TPSA) is 101 Å². The molecule has 0 bridgehead atoms. The van der Waals surface area contributed by atoms with Crippen molar-refractivity contribution < 1.29 is 9.53 Å². The highest BCUT2D eigenvalue weighted by atomic mass is 16.5. The molecule has 2 rings (SSSR count). The summed E-state index contributed by atoms with van der Waals surface area (Å²) < 4.78 is 5.62. The Morgan fingerprint density at radius 2 is 2.24 bits per heavy atom. The zero-order valence-corrected chi connectivity index (χ0v) is 11.5. The van der Waals surface area contributed by atoms with Gasteiger partial charge in [0.05, 0.1) is 17.3 Å². The van der Waals surface area contributed by atoms with Gasteiger partial charge in [0.1, 0.15) is 17.2 Å². The molecule has 0 atom stereocenters. The van der Waals surface area contributed by atoms with Crippen LogP contribution in [0.25, 0.3) is 0 Å². The predicted molar refractivity (Wildman–Crippen MR) is 77.9 cm³/mol. The highest BCUT2D eigenvalue weighted by molar-refractivity contribution is 5.92. The lowest BCUT2D eigenvalue weighted by atomic mass is 10.2. The summed E-state index contributed by atoms with van der Waals surface area (Å²) in [6.45, 7) is 2.35. The highest BCUT2D eigenvalue weighted by Gasteiger charge is 2.09. The van der Waals surface area contributed by atoms with Gasteiger partial charge < -0.3 is 15.8 Å². The van der Waals surface area contributed by atoms with Crippen LogP contribution in [0.15, 0.2) is 36.5 Å². The SMILES string of the molecule is CCNC(=O)c1cc(Oc2ccc(C#N)cc2N)ccn1. The van der Waals surface area contributed by atoms with E-state index in [1.165, 1.54) is 18.3 Å². The molecule has 6 heteroatoms. The average molecular weight is 282 g/mol. The van der Waals surface area contributed by atoms with Gasteiger partial charge in [0.15, 0.2) is 0 Å². The monoisotopic (exact) mass is 282 g/mol. The van der Waals surface area contributed by atoms with Crippen molar-refractivity contribution in [2.75, 3.05) is 12.3 Å². The lowest BCUT2D eigenvalue weighted by Gasteiger charge is -2.09. The summed E-state index contributed by atoms with van der Waals surface area (Å²) in [7, 11) is 0. The first kappa shape index (κ1) is 14.3. The summed E-state index contributed by atoms with van der Waals surface area (Å²) in [5.41, 5.74) is 6.89. The van der Waals surface area contributed by atoms with E-state index in [9.17, 15) is 4.79 Å². The number of nitrogens with zero attached hydrogens (tertiary/aromatic N) is 2. The maximum atomic E-state index is 11.7. The molecule has 21 heavy (non-hydrogen) atoms. The first-order valence-corrected chi connectivity index (χ1v) is 6.35. The largest absolute Gasteiger partial charge is 0.455 e. The molecule has 0 aliphatic heterocycles. The number of aromatic nitrogens is 1. The zero-order valence-electron chi connectivity index (χ0n) is 11.5. The standard InChI is InChI=1S/C15H14N4O2/c1-2-18-15(20)13-8-11(5-6-19-13)21-14-4-3-10(9-16)7-12(14)17/h3-8H,2,17H2,1H3,(H,18,20). The molecule has 1 amide bonds. The number of pyridine rings is 1. The number of nitrogen functional groups attached to an aromatic ring is 1. The first-order chi connectivity index (χ1) is 10.1. The average Bonchev–Trinajstić information content (AvgIpc) is 2.50. The van der Waals surface area contributed by atoms with Crippen LogP contribution in [0.3, 0.4) is 0 Å². The molecule has 106 valence electrons. The van der Waals surface area contributed by atoms with E-state index in [-0.39, 0.29) is 11.6 Å². The molecule has 1 aromatic carbocycles. The summed E-state index contributed by atoms with van der Waals surface area (Å²) in [6, 6.07) is 9.90. The van der Waals surface area contributed by atoms with Crippen molar-refractivity contribution in [3.63, 3.8) is 0 Å². The lowest BCUT2D eigenvalue weighted by Crippen LogP contribution is -2.23. The Morgan fingerprint density at radius 3 is 2.90 bits per heavy atom. The Kier molecular flexibility index (Phi) is 4.36. The van der Waals surface area contributed by atoms with Crippen LogP contribution in [0, 0.1) is 11.3 Å². The van der Waals surface area contributed by atoms with Crippen LogP contribution < -0.4 is 15.8 Å². The predicted octanol–water partition coefficient (Wildman–Crippen LogP) is 2.08. The summed E-state index contributed by atoms with van der Waals surface area (Å²) in [5.74, 6) is 0.598. The number of amides is 1. The van der Waals surface area contributed by atoms with Gasteiger partial charge in [-0.05, 0) is 31.2 Å². The normalized spacial score (nSPS) is 9.71. The summed E-state index contributed by atoms with van der Waals surface area (Å²) in [6.07, 6.45) is 1.49. The number of nitriles is 1. The Bertz CT molecular complexity index is 707. The van der Waals surface area contributed by atoms with Crippen molar-refractivity contribution in [1.29, 1.82) is 5.26 Å². The van der Waals surface area contributed by atoms with Gasteiger partial charge in [-0.3, -0.25) is 9.78 Å². The van der Waals surface area contributed by atoms with E-state index in [1.54, 1.807) is 18.2 Å². The molecular weight excluding hydrogens is 268 g/mol. The van der Waals surface area contributed by atoms with Crippen LogP contribution in [-0.4, -0.2) is 17.4 Å². The molecule has 1 aromatic heterocycles. The number of nitrogens with one attached hydrogen (secondary N) is 1. The number of carbonyl (C=O) groups excluding carboxylic acids is 1. The lowest BCUT2D eigenvalue weighted by molar-refractivity contribution is 0.0950. The number of rotatable bonds is 4. The second-order valence-electron chi connectivity index (χ2n) is 4.20. The zero-order chi connectivity index (χ0) is 15.2. The van der Waals surface area contributed by atoms with Gasteiger partial charge in [0.2, 0.25) is 0 Å². The molecular formula is C15H14N4O2. The number of benzene rings is 1. The number of hydrogen-bond donors (Lipinski definition) is 2. The molecule has 2 aromatic rings. The Labute approximate surface area is 122 Å². The van der Waals surface area contributed by atoms with Gasteiger partial charge >= 0.3 is 0 Å². The fourth-order valence-electron chi connectivity index (χ4n) is 1.69. The molecule has 6 nitrogen and oxygen atoms in total. The fraction of sp³-hybridized carbons (Fsp3) is 0.133. The maximum Gasteiger partial charge on any atom is 0.270 e. The number of hydrogen-bond acceptors (Lipinski definition) is 5. The van der Waals surface area contributed by atoms with Gasteiger partial charge in [-0.2, -0.15) is 5.26 Å². The third-order valence-electron chi connectivity index (χ3n) is 2.67. The van der Waals surface area contributed by atoms with E-state index in [0.29, 0.717) is 29.3 Å². The smallest absolute Gasteiger partial charge is 0.270 e. The van der Waals surface area contributed by atoms with E-state index >= 15 is 0 Å². The van der Waals surface area contributed by atoms with E-state index < -0.39 is 0 Å². The van der Waals surface area contributed by atoms with E-state index in [2.05, 4.69) is 10.3 Å². The van der Waals surface area contributed by atoms with Crippen LogP contribution in [0.1, 0.15) is 23.0 Å². The van der Waals surface area contributed by atoms with Crippen molar-refractivity contribution in [2.45, 2.75) is 6.92 Å². The highest BCUT2D eigenvalue weighted by Crippen LogP contribution is 2.28. The molecule has 0 spiro atoms. The minimum atomic E-state index is -0.268. The molecule has 0 aliphatic rings. The van der Waals surface area contributed by atoms with Crippen LogP contribution in [0.2, 0.25) is 0 Å². The van der Waals surface area contributed by atoms with Crippen LogP contribution in [-0.2, 0) is 0 Å². The molecule has 0 fully saturated rings. The first-order valence-electron chi connectivity index (χ1n) is 6.35. The van der Waals surface area contributed by atoms with Crippen molar-refractivity contribution >= 4 is 11.6 Å². The summed E-state index contributed by atoms with van der Waals surface area (Å²) in [4.78, 5) is 15.7. The van der Waals surface area contributed by atoms with Crippen LogP contribution >= 0.6 is 0 Å². The number of nitrogens with two attached hydrogens (primary N) is 1.